The van der Waals surface area contributed by atoms with Gasteiger partial charge in [0.25, 0.3) is 0 Å². The first kappa shape index (κ1) is 10.5. The number of rotatable bonds is 2. The van der Waals surface area contributed by atoms with Crippen LogP contribution in [0, 0.1) is 0 Å². The smallest absolute Gasteiger partial charge is 0.154 e. The van der Waals surface area contributed by atoms with Gasteiger partial charge in [-0.05, 0) is 7.05 Å². The largest absolute Gasteiger partial charge is 0.314 e. The molecule has 82 valence electrons. The van der Waals surface area contributed by atoms with E-state index in [-0.39, 0.29) is 11.5 Å². The molecule has 0 radical (unpaired) electrons. The summed E-state index contributed by atoms with van der Waals surface area (Å²) in [6, 6.07) is 0. The van der Waals surface area contributed by atoms with Gasteiger partial charge in [-0.2, -0.15) is 0 Å². The summed E-state index contributed by atoms with van der Waals surface area (Å²) in [6.07, 6.45) is 2.01. The topological polar surface area (TPSA) is 72.0 Å². The van der Waals surface area contributed by atoms with Crippen LogP contribution >= 0.6 is 0 Å². The molecule has 1 N–H and O–H groups in total. The van der Waals surface area contributed by atoms with Gasteiger partial charge in [0, 0.05) is 24.2 Å². The average Bonchev–Trinajstić information content (AvgIpc) is 2.18. The Hall–Kier alpha value is -1.01. The molecule has 6 heteroatoms. The van der Waals surface area contributed by atoms with E-state index in [2.05, 4.69) is 15.3 Å². The van der Waals surface area contributed by atoms with Crippen molar-refractivity contribution in [1.29, 1.82) is 0 Å². The standard InChI is InChI=1S/C9H13N3O2S/c1-10-4-9-7-5-15(13,14)3-2-8(7)11-6-12-9/h6,10H,2-5H2,1H3. The van der Waals surface area contributed by atoms with Crippen molar-refractivity contribution in [3.8, 4) is 0 Å². The predicted molar refractivity (Wildman–Crippen MR) is 56.0 cm³/mol. The van der Waals surface area contributed by atoms with Crippen molar-refractivity contribution in [1.82, 2.24) is 15.3 Å². The minimum Gasteiger partial charge on any atom is -0.314 e. The van der Waals surface area contributed by atoms with Crippen molar-refractivity contribution in [2.24, 2.45) is 0 Å². The lowest BCUT2D eigenvalue weighted by Gasteiger charge is -2.17. The lowest BCUT2D eigenvalue weighted by molar-refractivity contribution is 0.589. The molecule has 2 heterocycles. The second-order valence-corrected chi connectivity index (χ2v) is 5.80. The molecule has 0 unspecified atom stereocenters. The highest BCUT2D eigenvalue weighted by Crippen LogP contribution is 2.20. The quantitative estimate of drug-likeness (QED) is 0.749. The van der Waals surface area contributed by atoms with Crippen LogP contribution < -0.4 is 5.32 Å². The monoisotopic (exact) mass is 227 g/mol. The molecule has 5 nitrogen and oxygen atoms in total. The molecule has 15 heavy (non-hydrogen) atoms. The lowest BCUT2D eigenvalue weighted by atomic mass is 10.1. The highest BCUT2D eigenvalue weighted by atomic mass is 32.2. The van der Waals surface area contributed by atoms with Gasteiger partial charge in [0.1, 0.15) is 6.33 Å². The summed E-state index contributed by atoms with van der Waals surface area (Å²) >= 11 is 0. The van der Waals surface area contributed by atoms with Gasteiger partial charge in [-0.25, -0.2) is 18.4 Å². The predicted octanol–water partition coefficient (Wildman–Crippen LogP) is -0.333. The molecule has 2 rings (SSSR count). The van der Waals surface area contributed by atoms with Crippen molar-refractivity contribution in [2.45, 2.75) is 18.7 Å². The molecule has 1 aliphatic heterocycles. The van der Waals surface area contributed by atoms with Gasteiger partial charge in [0.2, 0.25) is 0 Å². The summed E-state index contributed by atoms with van der Waals surface area (Å²) in [5, 5.41) is 2.98. The van der Waals surface area contributed by atoms with E-state index in [9.17, 15) is 8.42 Å². The molecular weight excluding hydrogens is 214 g/mol. The van der Waals surface area contributed by atoms with E-state index in [1.165, 1.54) is 6.33 Å². The number of aromatic nitrogens is 2. The van der Waals surface area contributed by atoms with Crippen molar-refractivity contribution in [2.75, 3.05) is 12.8 Å². The molecule has 0 fully saturated rings. The minimum atomic E-state index is -2.94. The summed E-state index contributed by atoms with van der Waals surface area (Å²) in [5.41, 5.74) is 2.47. The fourth-order valence-corrected chi connectivity index (χ4v) is 3.16. The average molecular weight is 227 g/mol. The third-order valence-electron chi connectivity index (χ3n) is 2.48. The summed E-state index contributed by atoms with van der Waals surface area (Å²) in [5.74, 6) is 0.288. The highest BCUT2D eigenvalue weighted by Gasteiger charge is 2.24. The number of fused-ring (bicyclic) bond motifs is 1. The van der Waals surface area contributed by atoms with Crippen molar-refractivity contribution in [3.63, 3.8) is 0 Å². The molecule has 0 spiro atoms. The number of hydrogen-bond acceptors (Lipinski definition) is 5. The van der Waals surface area contributed by atoms with Crippen LogP contribution in [0.1, 0.15) is 17.0 Å². The highest BCUT2D eigenvalue weighted by molar-refractivity contribution is 7.90. The van der Waals surface area contributed by atoms with Gasteiger partial charge in [-0.1, -0.05) is 0 Å². The van der Waals surface area contributed by atoms with Gasteiger partial charge in [-0.15, -0.1) is 0 Å². The van der Waals surface area contributed by atoms with Gasteiger partial charge in [0.15, 0.2) is 9.84 Å². The van der Waals surface area contributed by atoms with Crippen molar-refractivity contribution >= 4 is 9.84 Å². The number of sulfone groups is 1. The Bertz CT molecular complexity index is 470. The van der Waals surface area contributed by atoms with E-state index in [4.69, 9.17) is 0 Å². The molecule has 0 saturated carbocycles. The van der Waals surface area contributed by atoms with Gasteiger partial charge in [0.05, 0.1) is 17.2 Å². The molecule has 0 bridgehead atoms. The SMILES string of the molecule is CNCc1ncnc2c1CS(=O)(=O)CC2. The molecule has 0 saturated heterocycles. The van der Waals surface area contributed by atoms with Crippen LogP contribution in [0.2, 0.25) is 0 Å². The first-order valence-electron chi connectivity index (χ1n) is 4.79. The van der Waals surface area contributed by atoms with Crippen LogP contribution in [0.25, 0.3) is 0 Å². The summed E-state index contributed by atoms with van der Waals surface area (Å²) in [7, 11) is -1.13. The maximum absolute atomic E-state index is 11.5. The molecule has 0 atom stereocenters. The second-order valence-electron chi connectivity index (χ2n) is 3.62. The van der Waals surface area contributed by atoms with E-state index in [1.54, 1.807) is 0 Å². The molecule has 1 aromatic rings. The minimum absolute atomic E-state index is 0.0835. The summed E-state index contributed by atoms with van der Waals surface area (Å²) in [6.45, 7) is 0.584. The Kier molecular flexibility index (Phi) is 2.70. The van der Waals surface area contributed by atoms with Gasteiger partial charge < -0.3 is 5.32 Å². The summed E-state index contributed by atoms with van der Waals surface area (Å²) < 4.78 is 23.0. The Morgan fingerprint density at radius 3 is 3.00 bits per heavy atom. The Balaban J connectivity index is 2.45. The van der Waals surface area contributed by atoms with E-state index < -0.39 is 9.84 Å². The van der Waals surface area contributed by atoms with Crippen LogP contribution in [-0.2, 0) is 28.6 Å². The number of aryl methyl sites for hydroxylation is 1. The van der Waals surface area contributed by atoms with Crippen LogP contribution in [0.4, 0.5) is 0 Å². The van der Waals surface area contributed by atoms with Crippen LogP contribution in [0.15, 0.2) is 6.33 Å². The fourth-order valence-electron chi connectivity index (χ4n) is 1.74. The number of hydrogen-bond donors (Lipinski definition) is 1. The van der Waals surface area contributed by atoms with Crippen molar-refractivity contribution < 1.29 is 8.42 Å². The first-order chi connectivity index (χ1) is 7.12. The number of nitrogens with zero attached hydrogens (tertiary/aromatic N) is 2. The molecule has 0 amide bonds. The normalized spacial score (nSPS) is 18.5. The number of nitrogens with one attached hydrogen (secondary N) is 1. The molecule has 1 aliphatic rings. The van der Waals surface area contributed by atoms with Crippen molar-refractivity contribution in [3.05, 3.63) is 23.3 Å². The summed E-state index contributed by atoms with van der Waals surface area (Å²) in [4.78, 5) is 8.23. The fraction of sp³-hybridized carbons (Fsp3) is 0.556. The van der Waals surface area contributed by atoms with Crippen LogP contribution in [-0.4, -0.2) is 31.2 Å². The first-order valence-corrected chi connectivity index (χ1v) is 6.61. The lowest BCUT2D eigenvalue weighted by Crippen LogP contribution is -2.23. The van der Waals surface area contributed by atoms with Crippen LogP contribution in [0.3, 0.4) is 0 Å². The zero-order chi connectivity index (χ0) is 10.9. The van der Waals surface area contributed by atoms with E-state index in [0.29, 0.717) is 13.0 Å². The zero-order valence-corrected chi connectivity index (χ0v) is 9.34. The van der Waals surface area contributed by atoms with E-state index in [1.807, 2.05) is 7.05 Å². The zero-order valence-electron chi connectivity index (χ0n) is 8.52. The third kappa shape index (κ3) is 2.15. The maximum Gasteiger partial charge on any atom is 0.154 e. The van der Waals surface area contributed by atoms with E-state index in [0.717, 1.165) is 17.0 Å². The molecule has 1 aromatic heterocycles. The Morgan fingerprint density at radius 2 is 2.27 bits per heavy atom. The van der Waals surface area contributed by atoms with Gasteiger partial charge >= 0.3 is 0 Å². The Labute approximate surface area is 88.9 Å². The van der Waals surface area contributed by atoms with E-state index >= 15 is 0 Å². The van der Waals surface area contributed by atoms with Gasteiger partial charge in [-0.3, -0.25) is 0 Å². The molecular formula is C9H13N3O2S. The maximum atomic E-state index is 11.5. The Morgan fingerprint density at radius 1 is 1.47 bits per heavy atom. The van der Waals surface area contributed by atoms with Crippen LogP contribution in [0.5, 0.6) is 0 Å². The molecule has 0 aliphatic carbocycles. The second kappa shape index (κ2) is 3.86. The molecule has 0 aromatic carbocycles. The third-order valence-corrected chi connectivity index (χ3v) is 4.04.